The summed E-state index contributed by atoms with van der Waals surface area (Å²) >= 11 is 11.3. The molecular weight excluding hydrogens is 461 g/mol. The number of halogens is 2. The lowest BCUT2D eigenvalue weighted by molar-refractivity contribution is -0.136. The number of fused-ring (bicyclic) bond motifs is 1. The van der Waals surface area contributed by atoms with Gasteiger partial charge in [0, 0.05) is 16.0 Å². The molecule has 1 unspecified atom stereocenters. The summed E-state index contributed by atoms with van der Waals surface area (Å²) in [6.07, 6.45) is 1.46. The van der Waals surface area contributed by atoms with Gasteiger partial charge in [0.25, 0.3) is 5.91 Å². The molecule has 4 aromatic rings. The van der Waals surface area contributed by atoms with E-state index in [-0.39, 0.29) is 5.76 Å². The summed E-state index contributed by atoms with van der Waals surface area (Å²) < 4.78 is 10.4. The minimum absolute atomic E-state index is 0.170. The molecule has 0 bridgehead atoms. The zero-order valence-corrected chi connectivity index (χ0v) is 19.3. The van der Waals surface area contributed by atoms with Crippen LogP contribution in [0.2, 0.25) is 5.02 Å². The monoisotopic (exact) mass is 481 g/mol. The van der Waals surface area contributed by atoms with E-state index in [9.17, 15) is 9.59 Å². The van der Waals surface area contributed by atoms with Gasteiger partial charge < -0.3 is 14.0 Å². The molecule has 5 nitrogen and oxygen atoms in total. The molecule has 33 heavy (non-hydrogen) atoms. The summed E-state index contributed by atoms with van der Waals surface area (Å²) in [7, 11) is 0. The summed E-state index contributed by atoms with van der Waals surface area (Å²) in [5.41, 5.74) is 3.85. The zero-order valence-electron chi connectivity index (χ0n) is 17.8. The molecule has 0 saturated heterocycles. The third-order valence-corrected chi connectivity index (χ3v) is 5.80. The van der Waals surface area contributed by atoms with Crippen molar-refractivity contribution in [1.82, 2.24) is 5.32 Å². The molecule has 1 atom stereocenters. The SMILES string of the molecule is CCCc1c(C(=O)NC(C(=O)OCl)c2ccccc2)oc2cc(-c3ccc(Cl)cc3)ccc12. The Bertz CT molecular complexity index is 1280. The fourth-order valence-electron chi connectivity index (χ4n) is 3.82. The van der Waals surface area contributed by atoms with E-state index < -0.39 is 17.9 Å². The van der Waals surface area contributed by atoms with Gasteiger partial charge >= 0.3 is 5.97 Å². The summed E-state index contributed by atoms with van der Waals surface area (Å²) in [5.74, 6) is -1.13. The van der Waals surface area contributed by atoms with Crippen molar-refractivity contribution in [3.8, 4) is 11.1 Å². The number of aryl methyl sites for hydroxylation is 1. The number of hydrogen-bond donors (Lipinski definition) is 1. The third-order valence-electron chi connectivity index (χ3n) is 5.40. The van der Waals surface area contributed by atoms with Gasteiger partial charge in [-0.15, -0.1) is 0 Å². The van der Waals surface area contributed by atoms with Gasteiger partial charge in [0.15, 0.2) is 11.8 Å². The van der Waals surface area contributed by atoms with E-state index in [1.54, 1.807) is 24.3 Å². The molecule has 0 aliphatic carbocycles. The molecule has 168 valence electrons. The smallest absolute Gasteiger partial charge is 0.351 e. The Kier molecular flexibility index (Phi) is 7.02. The van der Waals surface area contributed by atoms with Crippen LogP contribution in [0.3, 0.4) is 0 Å². The summed E-state index contributed by atoms with van der Waals surface area (Å²) in [4.78, 5) is 25.5. The molecule has 0 spiro atoms. The number of carbonyl (C=O) groups is 2. The van der Waals surface area contributed by atoms with Gasteiger partial charge in [0.05, 0.1) is 0 Å². The predicted molar refractivity (Wildman–Crippen MR) is 129 cm³/mol. The van der Waals surface area contributed by atoms with Gasteiger partial charge in [0.1, 0.15) is 17.4 Å². The van der Waals surface area contributed by atoms with Crippen LogP contribution in [-0.2, 0) is 15.5 Å². The Morgan fingerprint density at radius 1 is 1.00 bits per heavy atom. The molecule has 7 heteroatoms. The molecule has 0 aliphatic heterocycles. The van der Waals surface area contributed by atoms with Crippen LogP contribution in [0.5, 0.6) is 0 Å². The van der Waals surface area contributed by atoms with Crippen molar-refractivity contribution in [3.05, 3.63) is 94.7 Å². The quantitative estimate of drug-likeness (QED) is 0.312. The van der Waals surface area contributed by atoms with Gasteiger partial charge in [-0.25, -0.2) is 4.79 Å². The van der Waals surface area contributed by atoms with E-state index in [2.05, 4.69) is 9.61 Å². The minimum atomic E-state index is -1.07. The van der Waals surface area contributed by atoms with Crippen LogP contribution in [0.1, 0.15) is 41.1 Å². The van der Waals surface area contributed by atoms with Crippen LogP contribution < -0.4 is 5.32 Å². The molecule has 1 amide bonds. The molecule has 0 radical (unpaired) electrons. The van der Waals surface area contributed by atoms with Crippen molar-refractivity contribution in [3.63, 3.8) is 0 Å². The maximum Gasteiger partial charge on any atom is 0.351 e. The van der Waals surface area contributed by atoms with Crippen molar-refractivity contribution < 1.29 is 18.3 Å². The van der Waals surface area contributed by atoms with Crippen molar-refractivity contribution >= 4 is 46.3 Å². The number of amides is 1. The molecular formula is C26H21Cl2NO4. The number of benzene rings is 3. The van der Waals surface area contributed by atoms with Crippen molar-refractivity contribution in [2.75, 3.05) is 0 Å². The Morgan fingerprint density at radius 3 is 2.36 bits per heavy atom. The highest BCUT2D eigenvalue weighted by atomic mass is 35.5. The fraction of sp³-hybridized carbons (Fsp3) is 0.154. The lowest BCUT2D eigenvalue weighted by Gasteiger charge is -2.15. The highest BCUT2D eigenvalue weighted by Gasteiger charge is 2.28. The molecule has 1 N–H and O–H groups in total. The molecule has 0 fully saturated rings. The fourth-order valence-corrected chi connectivity index (χ4v) is 4.03. The first-order chi connectivity index (χ1) is 16.0. The minimum Gasteiger partial charge on any atom is -0.451 e. The molecule has 0 aliphatic rings. The highest BCUT2D eigenvalue weighted by Crippen LogP contribution is 2.32. The second-order valence-electron chi connectivity index (χ2n) is 7.59. The molecule has 0 saturated carbocycles. The van der Waals surface area contributed by atoms with Gasteiger partial charge in [-0.05, 0) is 41.3 Å². The van der Waals surface area contributed by atoms with Crippen LogP contribution in [0.25, 0.3) is 22.1 Å². The number of furan rings is 1. The number of carbonyl (C=O) groups excluding carboxylic acids is 2. The average Bonchev–Trinajstić information content (AvgIpc) is 3.21. The second-order valence-corrected chi connectivity index (χ2v) is 8.18. The van der Waals surface area contributed by atoms with Crippen molar-refractivity contribution in [1.29, 1.82) is 0 Å². The Labute approximate surface area is 201 Å². The van der Waals surface area contributed by atoms with Crippen molar-refractivity contribution in [2.45, 2.75) is 25.8 Å². The standard InChI is InChI=1S/C26H21Cl2NO4/c1-2-6-21-20-14-11-18(16-9-12-19(27)13-10-16)15-22(20)32-24(21)25(30)29-23(26(31)33-28)17-7-4-3-5-8-17/h3-5,7-15,23H,2,6H2,1H3,(H,29,30). The predicted octanol–water partition coefficient (Wildman–Crippen LogP) is 6.87. The lowest BCUT2D eigenvalue weighted by Crippen LogP contribution is -2.34. The van der Waals surface area contributed by atoms with Gasteiger partial charge in [-0.1, -0.05) is 79.5 Å². The maximum atomic E-state index is 13.2. The lowest BCUT2D eigenvalue weighted by atomic mass is 10.0. The first kappa shape index (κ1) is 22.9. The molecule has 4 rings (SSSR count). The average molecular weight is 482 g/mol. The second kappa shape index (κ2) is 10.1. The van der Waals surface area contributed by atoms with Crippen LogP contribution in [0.4, 0.5) is 0 Å². The van der Waals surface area contributed by atoms with Crippen LogP contribution in [-0.4, -0.2) is 11.9 Å². The molecule has 1 aromatic heterocycles. The van der Waals surface area contributed by atoms with Crippen molar-refractivity contribution in [2.24, 2.45) is 0 Å². The van der Waals surface area contributed by atoms with E-state index in [0.717, 1.165) is 28.5 Å². The third kappa shape index (κ3) is 4.90. The normalized spacial score (nSPS) is 11.8. The van der Waals surface area contributed by atoms with E-state index in [1.165, 1.54) is 0 Å². The maximum absolute atomic E-state index is 13.2. The van der Waals surface area contributed by atoms with Crippen LogP contribution in [0.15, 0.2) is 77.2 Å². The summed E-state index contributed by atoms with van der Waals surface area (Å²) in [6, 6.07) is 21.0. The van der Waals surface area contributed by atoms with E-state index >= 15 is 0 Å². The van der Waals surface area contributed by atoms with Gasteiger partial charge in [0.2, 0.25) is 0 Å². The van der Waals surface area contributed by atoms with Gasteiger partial charge in [-0.3, -0.25) is 4.79 Å². The Morgan fingerprint density at radius 2 is 1.70 bits per heavy atom. The molecule has 3 aromatic carbocycles. The first-order valence-corrected chi connectivity index (χ1v) is 11.2. The topological polar surface area (TPSA) is 68.5 Å². The Hall–Kier alpha value is -3.28. The number of nitrogens with one attached hydrogen (secondary N) is 1. The zero-order chi connectivity index (χ0) is 23.4. The van der Waals surface area contributed by atoms with Crippen LogP contribution in [0, 0.1) is 0 Å². The van der Waals surface area contributed by atoms with E-state index in [4.69, 9.17) is 27.9 Å². The number of rotatable bonds is 7. The summed E-state index contributed by atoms with van der Waals surface area (Å²) in [5, 5.41) is 4.22. The number of hydrogen-bond acceptors (Lipinski definition) is 4. The van der Waals surface area contributed by atoms with E-state index in [0.29, 0.717) is 22.6 Å². The van der Waals surface area contributed by atoms with Crippen LogP contribution >= 0.6 is 23.5 Å². The van der Waals surface area contributed by atoms with E-state index in [1.807, 2.05) is 55.5 Å². The first-order valence-electron chi connectivity index (χ1n) is 10.5. The van der Waals surface area contributed by atoms with Gasteiger partial charge in [-0.2, -0.15) is 0 Å². The summed E-state index contributed by atoms with van der Waals surface area (Å²) in [6.45, 7) is 2.03. The Balaban J connectivity index is 1.72. The highest BCUT2D eigenvalue weighted by molar-refractivity contribution is 6.30. The largest absolute Gasteiger partial charge is 0.451 e. The molecule has 1 heterocycles.